The number of carboxylic acids is 1. The molecular formula is C12H15FO3. The minimum absolute atomic E-state index is 0.242. The molecule has 0 bridgehead atoms. The van der Waals surface area contributed by atoms with Crippen molar-refractivity contribution in [3.63, 3.8) is 0 Å². The Labute approximate surface area is 93.9 Å². The molecule has 0 saturated carbocycles. The van der Waals surface area contributed by atoms with Crippen LogP contribution in [0, 0.1) is 5.82 Å². The largest absolute Gasteiger partial charge is 0.478 e. The van der Waals surface area contributed by atoms with Crippen molar-refractivity contribution in [2.45, 2.75) is 32.3 Å². The lowest BCUT2D eigenvalue weighted by atomic mass is 9.97. The Kier molecular flexibility index (Phi) is 3.88. The van der Waals surface area contributed by atoms with Gasteiger partial charge in [0.2, 0.25) is 5.60 Å². The molecule has 0 aliphatic carbocycles. The van der Waals surface area contributed by atoms with Crippen molar-refractivity contribution in [1.29, 1.82) is 0 Å². The quantitative estimate of drug-likeness (QED) is 0.839. The lowest BCUT2D eigenvalue weighted by Crippen LogP contribution is -2.43. The highest BCUT2D eigenvalue weighted by molar-refractivity contribution is 5.77. The molecule has 16 heavy (non-hydrogen) atoms. The van der Waals surface area contributed by atoms with Gasteiger partial charge in [-0.2, -0.15) is 0 Å². The van der Waals surface area contributed by atoms with Gasteiger partial charge < -0.3 is 9.84 Å². The molecule has 1 rings (SSSR count). The van der Waals surface area contributed by atoms with E-state index in [1.807, 2.05) is 0 Å². The molecule has 1 aromatic carbocycles. The average molecular weight is 226 g/mol. The Morgan fingerprint density at radius 1 is 1.44 bits per heavy atom. The summed E-state index contributed by atoms with van der Waals surface area (Å²) in [5, 5.41) is 9.14. The Morgan fingerprint density at radius 2 is 2.06 bits per heavy atom. The summed E-state index contributed by atoms with van der Waals surface area (Å²) in [6, 6.07) is 5.50. The van der Waals surface area contributed by atoms with Gasteiger partial charge in [0.25, 0.3) is 0 Å². The van der Waals surface area contributed by atoms with Crippen LogP contribution in [0.25, 0.3) is 0 Å². The van der Waals surface area contributed by atoms with Gasteiger partial charge in [0.05, 0.1) is 0 Å². The van der Waals surface area contributed by atoms with Crippen molar-refractivity contribution in [2.75, 3.05) is 0 Å². The molecule has 1 N–H and O–H groups in total. The zero-order valence-corrected chi connectivity index (χ0v) is 9.37. The van der Waals surface area contributed by atoms with Gasteiger partial charge in [-0.05, 0) is 25.0 Å². The van der Waals surface area contributed by atoms with Crippen LogP contribution in [0.2, 0.25) is 0 Å². The van der Waals surface area contributed by atoms with Crippen LogP contribution in [-0.4, -0.2) is 16.7 Å². The summed E-state index contributed by atoms with van der Waals surface area (Å²) in [6.07, 6.45) is 0.657. The molecule has 0 aromatic heterocycles. The third-order valence-corrected chi connectivity index (χ3v) is 2.64. The number of carboxylic acid groups (broad SMARTS) is 1. The zero-order chi connectivity index (χ0) is 12.2. The van der Waals surface area contributed by atoms with Crippen molar-refractivity contribution in [2.24, 2.45) is 0 Å². The molecule has 0 fully saturated rings. The number of hydrogen-bond donors (Lipinski definition) is 1. The van der Waals surface area contributed by atoms with Crippen LogP contribution in [0.15, 0.2) is 24.3 Å². The maximum absolute atomic E-state index is 12.9. The highest BCUT2D eigenvalue weighted by Gasteiger charge is 2.37. The maximum Gasteiger partial charge on any atom is 0.348 e. The molecule has 0 spiro atoms. The molecule has 0 aliphatic heterocycles. The standard InChI is InChI=1S/C12H15FO3/c1-3-12(4-2,11(14)15)16-10-7-5-6-9(13)8-10/h5-8H,3-4H2,1-2H3,(H,14,15). The number of carbonyl (C=O) groups is 1. The second-order valence-corrected chi connectivity index (χ2v) is 3.57. The van der Waals surface area contributed by atoms with Crippen molar-refractivity contribution in [3.05, 3.63) is 30.1 Å². The van der Waals surface area contributed by atoms with Crippen LogP contribution in [0.3, 0.4) is 0 Å². The zero-order valence-electron chi connectivity index (χ0n) is 9.37. The Bertz CT molecular complexity index is 372. The number of hydrogen-bond acceptors (Lipinski definition) is 2. The molecule has 0 atom stereocenters. The SMILES string of the molecule is CCC(CC)(Oc1cccc(F)c1)C(=O)O. The molecule has 3 nitrogen and oxygen atoms in total. The predicted molar refractivity (Wildman–Crippen MR) is 58.0 cm³/mol. The molecule has 0 unspecified atom stereocenters. The lowest BCUT2D eigenvalue weighted by molar-refractivity contribution is -0.156. The highest BCUT2D eigenvalue weighted by atomic mass is 19.1. The lowest BCUT2D eigenvalue weighted by Gasteiger charge is -2.27. The van der Waals surface area contributed by atoms with Crippen LogP contribution >= 0.6 is 0 Å². The van der Waals surface area contributed by atoms with E-state index >= 15 is 0 Å². The van der Waals surface area contributed by atoms with Crippen LogP contribution < -0.4 is 4.74 Å². The van der Waals surface area contributed by atoms with Crippen molar-refractivity contribution < 1.29 is 19.0 Å². The van der Waals surface area contributed by atoms with Gasteiger partial charge in [-0.25, -0.2) is 9.18 Å². The fraction of sp³-hybridized carbons (Fsp3) is 0.417. The number of rotatable bonds is 5. The van der Waals surface area contributed by atoms with E-state index in [1.54, 1.807) is 19.9 Å². The van der Waals surface area contributed by atoms with Crippen molar-refractivity contribution in [1.82, 2.24) is 0 Å². The fourth-order valence-corrected chi connectivity index (χ4v) is 1.50. The number of aliphatic carboxylic acids is 1. The van der Waals surface area contributed by atoms with E-state index in [2.05, 4.69) is 0 Å². The Morgan fingerprint density at radius 3 is 2.50 bits per heavy atom. The van der Waals surface area contributed by atoms with Gasteiger partial charge >= 0.3 is 5.97 Å². The fourth-order valence-electron chi connectivity index (χ4n) is 1.50. The van der Waals surface area contributed by atoms with Crippen molar-refractivity contribution >= 4 is 5.97 Å². The van der Waals surface area contributed by atoms with E-state index in [4.69, 9.17) is 9.84 Å². The molecule has 1 aromatic rings. The average Bonchev–Trinajstić information content (AvgIpc) is 2.25. The van der Waals surface area contributed by atoms with E-state index in [9.17, 15) is 9.18 Å². The molecule has 88 valence electrons. The molecule has 4 heteroatoms. The third kappa shape index (κ3) is 2.51. The first-order chi connectivity index (χ1) is 7.54. The molecule has 0 amide bonds. The Balaban J connectivity index is 2.96. The molecule has 0 aliphatic rings. The van der Waals surface area contributed by atoms with E-state index < -0.39 is 17.4 Å². The summed E-state index contributed by atoms with van der Waals surface area (Å²) in [6.45, 7) is 3.47. The van der Waals surface area contributed by atoms with Gasteiger partial charge in [0.15, 0.2) is 0 Å². The first-order valence-corrected chi connectivity index (χ1v) is 5.22. The van der Waals surface area contributed by atoms with Gasteiger partial charge in [0.1, 0.15) is 11.6 Å². The number of halogens is 1. The number of benzene rings is 1. The van der Waals surface area contributed by atoms with Gasteiger partial charge in [-0.1, -0.05) is 19.9 Å². The summed E-state index contributed by atoms with van der Waals surface area (Å²) in [7, 11) is 0. The molecular weight excluding hydrogens is 211 g/mol. The first kappa shape index (κ1) is 12.5. The highest BCUT2D eigenvalue weighted by Crippen LogP contribution is 2.25. The van der Waals surface area contributed by atoms with Crippen LogP contribution in [0.4, 0.5) is 4.39 Å². The predicted octanol–water partition coefficient (Wildman–Crippen LogP) is 2.85. The van der Waals surface area contributed by atoms with Gasteiger partial charge in [0, 0.05) is 6.07 Å². The van der Waals surface area contributed by atoms with Crippen LogP contribution in [0.1, 0.15) is 26.7 Å². The normalized spacial score (nSPS) is 11.2. The minimum atomic E-state index is -1.27. The molecule has 0 radical (unpaired) electrons. The smallest absolute Gasteiger partial charge is 0.348 e. The summed E-state index contributed by atoms with van der Waals surface area (Å²) >= 11 is 0. The summed E-state index contributed by atoms with van der Waals surface area (Å²) in [5.41, 5.74) is -1.27. The van der Waals surface area contributed by atoms with Gasteiger partial charge in [-0.3, -0.25) is 0 Å². The van der Waals surface area contributed by atoms with E-state index in [0.29, 0.717) is 12.8 Å². The Hall–Kier alpha value is -1.58. The summed E-state index contributed by atoms with van der Waals surface area (Å²) in [4.78, 5) is 11.2. The van der Waals surface area contributed by atoms with Crippen molar-refractivity contribution in [3.8, 4) is 5.75 Å². The van der Waals surface area contributed by atoms with Gasteiger partial charge in [-0.15, -0.1) is 0 Å². The van der Waals surface area contributed by atoms with E-state index in [0.717, 1.165) is 0 Å². The van der Waals surface area contributed by atoms with E-state index in [1.165, 1.54) is 18.2 Å². The topological polar surface area (TPSA) is 46.5 Å². The monoisotopic (exact) mass is 226 g/mol. The van der Waals surface area contributed by atoms with Crippen LogP contribution in [-0.2, 0) is 4.79 Å². The van der Waals surface area contributed by atoms with E-state index in [-0.39, 0.29) is 5.75 Å². The second kappa shape index (κ2) is 4.96. The third-order valence-electron chi connectivity index (χ3n) is 2.64. The first-order valence-electron chi connectivity index (χ1n) is 5.22. The van der Waals surface area contributed by atoms with Crippen LogP contribution in [0.5, 0.6) is 5.75 Å². The minimum Gasteiger partial charge on any atom is -0.478 e. The molecule has 0 saturated heterocycles. The maximum atomic E-state index is 12.9. The summed E-state index contributed by atoms with van der Waals surface area (Å²) < 4.78 is 18.3. The number of ether oxygens (including phenoxy) is 1. The second-order valence-electron chi connectivity index (χ2n) is 3.57. The molecule has 0 heterocycles. The summed E-state index contributed by atoms with van der Waals surface area (Å²) in [5.74, 6) is -1.23.